The maximum absolute atomic E-state index is 11.5. The van der Waals surface area contributed by atoms with Gasteiger partial charge in [-0.15, -0.1) is 0 Å². The Labute approximate surface area is 108 Å². The van der Waals surface area contributed by atoms with Gasteiger partial charge in [0.05, 0.1) is 12.8 Å². The van der Waals surface area contributed by atoms with E-state index in [-0.39, 0.29) is 5.69 Å². The van der Waals surface area contributed by atoms with Crippen LogP contribution in [0.3, 0.4) is 0 Å². The van der Waals surface area contributed by atoms with Crippen molar-refractivity contribution < 1.29 is 9.53 Å². The summed E-state index contributed by atoms with van der Waals surface area (Å²) in [5, 5.41) is 0. The van der Waals surface area contributed by atoms with Gasteiger partial charge >= 0.3 is 5.97 Å². The van der Waals surface area contributed by atoms with Crippen molar-refractivity contribution >= 4 is 17.5 Å². The van der Waals surface area contributed by atoms with Crippen LogP contribution in [0.5, 0.6) is 0 Å². The molecule has 18 heavy (non-hydrogen) atoms. The van der Waals surface area contributed by atoms with Gasteiger partial charge in [-0.3, -0.25) is 0 Å². The van der Waals surface area contributed by atoms with E-state index in [4.69, 9.17) is 5.73 Å². The van der Waals surface area contributed by atoms with E-state index in [1.165, 1.54) is 7.11 Å². The summed E-state index contributed by atoms with van der Waals surface area (Å²) >= 11 is 0. The van der Waals surface area contributed by atoms with Gasteiger partial charge in [0.25, 0.3) is 0 Å². The predicted octanol–water partition coefficient (Wildman–Crippen LogP) is 2.08. The molecule has 0 saturated carbocycles. The van der Waals surface area contributed by atoms with Gasteiger partial charge in [-0.1, -0.05) is 13.8 Å². The standard InChI is InChI=1S/C13H21N3O2/c1-5-9(6-2)16(3)12-10(14)7-8-11(15-12)13(17)18-4/h7-9H,5-6,14H2,1-4H3. The van der Waals surface area contributed by atoms with Crippen LogP contribution in [0.15, 0.2) is 12.1 Å². The van der Waals surface area contributed by atoms with Gasteiger partial charge < -0.3 is 15.4 Å². The maximum Gasteiger partial charge on any atom is 0.356 e. The van der Waals surface area contributed by atoms with Crippen molar-refractivity contribution in [2.24, 2.45) is 0 Å². The molecule has 0 amide bonds. The Kier molecular flexibility index (Phi) is 4.95. The number of nitrogens with two attached hydrogens (primary N) is 1. The highest BCUT2D eigenvalue weighted by atomic mass is 16.5. The van der Waals surface area contributed by atoms with E-state index in [1.807, 2.05) is 11.9 Å². The SMILES string of the molecule is CCC(CC)N(C)c1nc(C(=O)OC)ccc1N. The van der Waals surface area contributed by atoms with Crippen LogP contribution in [-0.4, -0.2) is 31.2 Å². The summed E-state index contributed by atoms with van der Waals surface area (Å²) in [6, 6.07) is 3.62. The zero-order valence-electron chi connectivity index (χ0n) is 11.4. The molecule has 1 heterocycles. The molecule has 0 aromatic carbocycles. The Hall–Kier alpha value is -1.78. The van der Waals surface area contributed by atoms with Crippen LogP contribution in [0.2, 0.25) is 0 Å². The normalized spacial score (nSPS) is 10.5. The molecule has 0 saturated heterocycles. The number of nitrogens with zero attached hydrogens (tertiary/aromatic N) is 2. The molecule has 0 aliphatic carbocycles. The highest BCUT2D eigenvalue weighted by Crippen LogP contribution is 2.23. The fourth-order valence-corrected chi connectivity index (χ4v) is 1.97. The van der Waals surface area contributed by atoms with Gasteiger partial charge in [-0.25, -0.2) is 9.78 Å². The maximum atomic E-state index is 11.5. The van der Waals surface area contributed by atoms with Gasteiger partial charge in [0.1, 0.15) is 0 Å². The minimum absolute atomic E-state index is 0.277. The number of pyridine rings is 1. The number of carbonyl (C=O) groups is 1. The number of methoxy groups -OCH3 is 1. The van der Waals surface area contributed by atoms with Crippen LogP contribution in [0.25, 0.3) is 0 Å². The molecule has 0 spiro atoms. The van der Waals surface area contributed by atoms with E-state index < -0.39 is 5.97 Å². The number of carbonyl (C=O) groups excluding carboxylic acids is 1. The second-order valence-electron chi connectivity index (χ2n) is 4.18. The molecule has 1 rings (SSSR count). The molecule has 0 unspecified atom stereocenters. The molecule has 1 aromatic rings. The van der Waals surface area contributed by atoms with Crippen molar-refractivity contribution in [1.82, 2.24) is 4.98 Å². The molecule has 0 aliphatic rings. The molecule has 0 bridgehead atoms. The molecule has 5 nitrogen and oxygen atoms in total. The third-order valence-electron chi connectivity index (χ3n) is 3.12. The molecule has 0 atom stereocenters. The number of esters is 1. The van der Waals surface area contributed by atoms with Crippen LogP contribution < -0.4 is 10.6 Å². The number of ether oxygens (including phenoxy) is 1. The number of hydrogen-bond donors (Lipinski definition) is 1. The third-order valence-corrected chi connectivity index (χ3v) is 3.12. The lowest BCUT2D eigenvalue weighted by molar-refractivity contribution is 0.0594. The van der Waals surface area contributed by atoms with Crippen molar-refractivity contribution in [2.45, 2.75) is 32.7 Å². The van der Waals surface area contributed by atoms with Gasteiger partial charge in [-0.2, -0.15) is 0 Å². The van der Waals surface area contributed by atoms with E-state index in [1.54, 1.807) is 12.1 Å². The van der Waals surface area contributed by atoms with Gasteiger partial charge in [-0.05, 0) is 25.0 Å². The zero-order chi connectivity index (χ0) is 13.7. The summed E-state index contributed by atoms with van der Waals surface area (Å²) in [6.07, 6.45) is 1.99. The number of aromatic nitrogens is 1. The van der Waals surface area contributed by atoms with Crippen LogP contribution in [0, 0.1) is 0 Å². The Morgan fingerprint density at radius 2 is 2.06 bits per heavy atom. The Morgan fingerprint density at radius 3 is 2.56 bits per heavy atom. The Morgan fingerprint density at radius 1 is 1.44 bits per heavy atom. The topological polar surface area (TPSA) is 68.5 Å². The van der Waals surface area contributed by atoms with Gasteiger partial charge in [0.15, 0.2) is 11.5 Å². The first-order valence-corrected chi connectivity index (χ1v) is 6.12. The lowest BCUT2D eigenvalue weighted by Crippen LogP contribution is -2.32. The highest BCUT2D eigenvalue weighted by Gasteiger charge is 2.17. The molecule has 1 aromatic heterocycles. The first-order valence-electron chi connectivity index (χ1n) is 6.12. The summed E-state index contributed by atoms with van der Waals surface area (Å²) in [4.78, 5) is 17.8. The van der Waals surface area contributed by atoms with Crippen molar-refractivity contribution in [3.8, 4) is 0 Å². The van der Waals surface area contributed by atoms with Gasteiger partial charge in [0.2, 0.25) is 0 Å². The second-order valence-corrected chi connectivity index (χ2v) is 4.18. The molecule has 5 heteroatoms. The molecule has 100 valence electrons. The summed E-state index contributed by atoms with van der Waals surface area (Å²) in [5.74, 6) is 0.181. The van der Waals surface area contributed by atoms with Crippen molar-refractivity contribution in [3.63, 3.8) is 0 Å². The fourth-order valence-electron chi connectivity index (χ4n) is 1.97. The minimum atomic E-state index is -0.450. The smallest absolute Gasteiger partial charge is 0.356 e. The average Bonchev–Trinajstić information content (AvgIpc) is 2.39. The lowest BCUT2D eigenvalue weighted by Gasteiger charge is -2.28. The first-order chi connectivity index (χ1) is 8.54. The third kappa shape index (κ3) is 2.91. The average molecular weight is 251 g/mol. The Balaban J connectivity index is 3.10. The number of nitrogen functional groups attached to an aromatic ring is 1. The van der Waals surface area contributed by atoms with E-state index in [2.05, 4.69) is 23.6 Å². The van der Waals surface area contributed by atoms with Crippen LogP contribution >= 0.6 is 0 Å². The number of anilines is 2. The van der Waals surface area contributed by atoms with Crippen molar-refractivity contribution in [2.75, 3.05) is 24.8 Å². The number of rotatable bonds is 5. The quantitative estimate of drug-likeness (QED) is 0.811. The molecule has 0 radical (unpaired) electrons. The van der Waals surface area contributed by atoms with E-state index >= 15 is 0 Å². The van der Waals surface area contributed by atoms with Crippen LogP contribution in [0.1, 0.15) is 37.2 Å². The van der Waals surface area contributed by atoms with E-state index in [0.29, 0.717) is 17.5 Å². The van der Waals surface area contributed by atoms with Crippen LogP contribution in [-0.2, 0) is 4.74 Å². The first kappa shape index (κ1) is 14.3. The highest BCUT2D eigenvalue weighted by molar-refractivity contribution is 5.88. The molecule has 0 aliphatic heterocycles. The van der Waals surface area contributed by atoms with Crippen molar-refractivity contribution in [1.29, 1.82) is 0 Å². The summed E-state index contributed by atoms with van der Waals surface area (Å²) < 4.78 is 4.66. The monoisotopic (exact) mass is 251 g/mol. The number of hydrogen-bond acceptors (Lipinski definition) is 5. The minimum Gasteiger partial charge on any atom is -0.464 e. The van der Waals surface area contributed by atoms with Crippen LogP contribution in [0.4, 0.5) is 11.5 Å². The summed E-state index contributed by atoms with van der Waals surface area (Å²) in [5.41, 5.74) is 6.77. The molecule has 2 N–H and O–H groups in total. The summed E-state index contributed by atoms with van der Waals surface area (Å²) in [6.45, 7) is 4.23. The molecular weight excluding hydrogens is 230 g/mol. The zero-order valence-corrected chi connectivity index (χ0v) is 11.4. The largest absolute Gasteiger partial charge is 0.464 e. The summed E-state index contributed by atoms with van der Waals surface area (Å²) in [7, 11) is 3.28. The molecule has 0 fully saturated rings. The predicted molar refractivity (Wildman–Crippen MR) is 72.8 cm³/mol. The van der Waals surface area contributed by atoms with Crippen molar-refractivity contribution in [3.05, 3.63) is 17.8 Å². The van der Waals surface area contributed by atoms with Gasteiger partial charge in [0, 0.05) is 13.1 Å². The Bertz CT molecular complexity index is 417. The molecular formula is C13H21N3O2. The second kappa shape index (κ2) is 6.23. The lowest BCUT2D eigenvalue weighted by atomic mass is 10.1. The fraction of sp³-hybridized carbons (Fsp3) is 0.538. The van der Waals surface area contributed by atoms with E-state index in [0.717, 1.165) is 12.8 Å². The van der Waals surface area contributed by atoms with E-state index in [9.17, 15) is 4.79 Å².